The Morgan fingerprint density at radius 2 is 2.00 bits per heavy atom. The van der Waals surface area contributed by atoms with Gasteiger partial charge in [0.25, 0.3) is 0 Å². The monoisotopic (exact) mass is 227 g/mol. The summed E-state index contributed by atoms with van der Waals surface area (Å²) in [6.45, 7) is 1.99. The summed E-state index contributed by atoms with van der Waals surface area (Å²) in [6, 6.07) is 10.2. The molecule has 0 unspecified atom stereocenters. The van der Waals surface area contributed by atoms with Crippen LogP contribution < -0.4 is 0 Å². The van der Waals surface area contributed by atoms with E-state index in [4.69, 9.17) is 11.6 Å². The van der Waals surface area contributed by atoms with Gasteiger partial charge in [0.05, 0.1) is 5.52 Å². The Balaban J connectivity index is 0.000000980. The maximum atomic E-state index is 5.74. The Kier molecular flexibility index (Phi) is 3.73. The summed E-state index contributed by atoms with van der Waals surface area (Å²) in [4.78, 5) is 4.41. The minimum atomic E-state index is 0. The van der Waals surface area contributed by atoms with Crippen LogP contribution >= 0.6 is 24.0 Å². The molecule has 0 aliphatic heterocycles. The van der Waals surface area contributed by atoms with Gasteiger partial charge in [0.15, 0.2) is 0 Å². The summed E-state index contributed by atoms with van der Waals surface area (Å²) in [5.41, 5.74) is 3.22. The lowest BCUT2D eigenvalue weighted by Gasteiger charge is -2.00. The van der Waals surface area contributed by atoms with Crippen LogP contribution in [-0.4, -0.2) is 4.98 Å². The molecule has 1 aromatic carbocycles. The number of alkyl halides is 1. The highest BCUT2D eigenvalue weighted by Crippen LogP contribution is 2.15. The SMILES string of the molecule is Cc1ccc2cc(CCl)ccc2n1.Cl. The van der Waals surface area contributed by atoms with Crippen molar-refractivity contribution in [3.05, 3.63) is 41.6 Å². The number of hydrogen-bond donors (Lipinski definition) is 0. The standard InChI is InChI=1S/C11H10ClN.ClH/c1-8-2-4-10-6-9(7-12)3-5-11(10)13-8;/h2-6H,7H2,1H3;1H. The van der Waals surface area contributed by atoms with E-state index >= 15 is 0 Å². The van der Waals surface area contributed by atoms with Gasteiger partial charge >= 0.3 is 0 Å². The van der Waals surface area contributed by atoms with Crippen LogP contribution in [0.2, 0.25) is 0 Å². The zero-order valence-electron chi connectivity index (χ0n) is 7.83. The van der Waals surface area contributed by atoms with Crippen LogP contribution in [0.25, 0.3) is 10.9 Å². The second-order valence-electron chi connectivity index (χ2n) is 3.11. The zero-order chi connectivity index (χ0) is 9.26. The summed E-state index contributed by atoms with van der Waals surface area (Å²) in [6.07, 6.45) is 0. The molecule has 0 atom stereocenters. The van der Waals surface area contributed by atoms with Crippen LogP contribution in [0.15, 0.2) is 30.3 Å². The van der Waals surface area contributed by atoms with E-state index in [0.717, 1.165) is 22.2 Å². The van der Waals surface area contributed by atoms with E-state index < -0.39 is 0 Å². The average Bonchev–Trinajstić information content (AvgIpc) is 2.17. The fraction of sp³-hybridized carbons (Fsp3) is 0.182. The molecule has 0 N–H and O–H groups in total. The molecule has 0 saturated heterocycles. The van der Waals surface area contributed by atoms with E-state index in [1.54, 1.807) is 0 Å². The molecule has 2 aromatic rings. The molecule has 0 aliphatic rings. The van der Waals surface area contributed by atoms with Crippen LogP contribution in [0, 0.1) is 6.92 Å². The Bertz CT molecular complexity index is 440. The number of aromatic nitrogens is 1. The maximum absolute atomic E-state index is 5.74. The third-order valence-corrected chi connectivity index (χ3v) is 2.36. The fourth-order valence-electron chi connectivity index (χ4n) is 1.36. The summed E-state index contributed by atoms with van der Waals surface area (Å²) < 4.78 is 0. The molecular weight excluding hydrogens is 217 g/mol. The first kappa shape index (κ1) is 11.3. The minimum absolute atomic E-state index is 0. The second kappa shape index (κ2) is 4.63. The van der Waals surface area contributed by atoms with Gasteiger partial charge in [-0.15, -0.1) is 24.0 Å². The molecule has 74 valence electrons. The number of pyridine rings is 1. The maximum Gasteiger partial charge on any atom is 0.0705 e. The van der Waals surface area contributed by atoms with Crippen molar-refractivity contribution in [3.63, 3.8) is 0 Å². The van der Waals surface area contributed by atoms with E-state index in [1.807, 2.05) is 25.1 Å². The predicted molar refractivity (Wildman–Crippen MR) is 63.3 cm³/mol. The molecule has 0 fully saturated rings. The van der Waals surface area contributed by atoms with Gasteiger partial charge in [0.2, 0.25) is 0 Å². The Labute approximate surface area is 94.5 Å². The van der Waals surface area contributed by atoms with Crippen molar-refractivity contribution < 1.29 is 0 Å². The molecule has 1 heterocycles. The van der Waals surface area contributed by atoms with Crippen LogP contribution in [-0.2, 0) is 5.88 Å². The fourth-order valence-corrected chi connectivity index (χ4v) is 1.53. The quantitative estimate of drug-likeness (QED) is 0.678. The molecule has 0 saturated carbocycles. The van der Waals surface area contributed by atoms with Crippen LogP contribution in [0.4, 0.5) is 0 Å². The average molecular weight is 228 g/mol. The zero-order valence-corrected chi connectivity index (χ0v) is 9.40. The summed E-state index contributed by atoms with van der Waals surface area (Å²) in [7, 11) is 0. The molecule has 0 aliphatic carbocycles. The molecule has 2 rings (SSSR count). The van der Waals surface area contributed by atoms with Gasteiger partial charge in [0, 0.05) is 17.0 Å². The molecule has 0 spiro atoms. The van der Waals surface area contributed by atoms with Gasteiger partial charge < -0.3 is 0 Å². The van der Waals surface area contributed by atoms with Crippen LogP contribution in [0.3, 0.4) is 0 Å². The Hall–Kier alpha value is -0.790. The normalized spacial score (nSPS) is 9.86. The lowest BCUT2D eigenvalue weighted by molar-refractivity contribution is 1.25. The number of nitrogens with zero attached hydrogens (tertiary/aromatic N) is 1. The van der Waals surface area contributed by atoms with Crippen molar-refractivity contribution in [3.8, 4) is 0 Å². The highest BCUT2D eigenvalue weighted by molar-refractivity contribution is 6.17. The first-order valence-electron chi connectivity index (χ1n) is 4.22. The molecule has 1 nitrogen and oxygen atoms in total. The molecule has 0 radical (unpaired) electrons. The van der Waals surface area contributed by atoms with E-state index in [0.29, 0.717) is 5.88 Å². The van der Waals surface area contributed by atoms with E-state index in [-0.39, 0.29) is 12.4 Å². The molecule has 0 amide bonds. The second-order valence-corrected chi connectivity index (χ2v) is 3.38. The van der Waals surface area contributed by atoms with Gasteiger partial charge in [0.1, 0.15) is 0 Å². The number of hydrogen-bond acceptors (Lipinski definition) is 1. The summed E-state index contributed by atoms with van der Waals surface area (Å²) in [5, 5.41) is 1.16. The predicted octanol–water partition coefficient (Wildman–Crippen LogP) is 3.70. The van der Waals surface area contributed by atoms with Crippen molar-refractivity contribution in [1.29, 1.82) is 0 Å². The first-order chi connectivity index (χ1) is 6.29. The van der Waals surface area contributed by atoms with Crippen molar-refractivity contribution in [2.45, 2.75) is 12.8 Å². The lowest BCUT2D eigenvalue weighted by atomic mass is 10.1. The number of rotatable bonds is 1. The van der Waals surface area contributed by atoms with Gasteiger partial charge in [-0.3, -0.25) is 4.98 Å². The topological polar surface area (TPSA) is 12.9 Å². The number of benzene rings is 1. The number of fused-ring (bicyclic) bond motifs is 1. The van der Waals surface area contributed by atoms with Crippen molar-refractivity contribution in [1.82, 2.24) is 4.98 Å². The van der Waals surface area contributed by atoms with Crippen LogP contribution in [0.1, 0.15) is 11.3 Å². The van der Waals surface area contributed by atoms with E-state index in [9.17, 15) is 0 Å². The molecule has 3 heteroatoms. The van der Waals surface area contributed by atoms with Crippen molar-refractivity contribution in [2.24, 2.45) is 0 Å². The van der Waals surface area contributed by atoms with Gasteiger partial charge in [-0.25, -0.2) is 0 Å². The minimum Gasteiger partial charge on any atom is -0.253 e. The van der Waals surface area contributed by atoms with Crippen molar-refractivity contribution in [2.75, 3.05) is 0 Å². The Morgan fingerprint density at radius 1 is 1.21 bits per heavy atom. The summed E-state index contributed by atoms with van der Waals surface area (Å²) >= 11 is 5.74. The molecule has 14 heavy (non-hydrogen) atoms. The van der Waals surface area contributed by atoms with Crippen LogP contribution in [0.5, 0.6) is 0 Å². The molecule has 1 aromatic heterocycles. The first-order valence-corrected chi connectivity index (χ1v) is 4.75. The number of halogens is 2. The third-order valence-electron chi connectivity index (χ3n) is 2.05. The largest absolute Gasteiger partial charge is 0.253 e. The van der Waals surface area contributed by atoms with Gasteiger partial charge in [-0.1, -0.05) is 12.1 Å². The molecular formula is C11H11Cl2N. The highest BCUT2D eigenvalue weighted by Gasteiger charge is 1.96. The molecule has 0 bridgehead atoms. The van der Waals surface area contributed by atoms with Crippen molar-refractivity contribution >= 4 is 34.9 Å². The summed E-state index contributed by atoms with van der Waals surface area (Å²) in [5.74, 6) is 0.559. The van der Waals surface area contributed by atoms with Gasteiger partial charge in [-0.05, 0) is 30.7 Å². The number of aryl methyl sites for hydroxylation is 1. The Morgan fingerprint density at radius 3 is 2.71 bits per heavy atom. The van der Waals surface area contributed by atoms with E-state index in [1.165, 1.54) is 0 Å². The smallest absolute Gasteiger partial charge is 0.0705 e. The van der Waals surface area contributed by atoms with Gasteiger partial charge in [-0.2, -0.15) is 0 Å². The van der Waals surface area contributed by atoms with E-state index in [2.05, 4.69) is 17.1 Å². The lowest BCUT2D eigenvalue weighted by Crippen LogP contribution is -1.84. The highest BCUT2D eigenvalue weighted by atomic mass is 35.5. The third kappa shape index (κ3) is 2.17.